The number of fused-ring (bicyclic) bond motifs is 2. The van der Waals surface area contributed by atoms with E-state index in [2.05, 4.69) is 22.5 Å². The van der Waals surface area contributed by atoms with Crippen LogP contribution in [0.5, 0.6) is 0 Å². The quantitative estimate of drug-likeness (QED) is 0.396. The second-order valence-electron chi connectivity index (χ2n) is 8.66. The predicted molar refractivity (Wildman–Crippen MR) is 134 cm³/mol. The number of thiazole rings is 1. The molecule has 2 aromatic carbocycles. The fourth-order valence-corrected chi connectivity index (χ4v) is 6.65. The number of anilines is 1. The van der Waals surface area contributed by atoms with Gasteiger partial charge in [0, 0.05) is 12.5 Å². The molecule has 0 radical (unpaired) electrons. The zero-order valence-electron chi connectivity index (χ0n) is 19.0. The Kier molecular flexibility index (Phi) is 6.22. The van der Waals surface area contributed by atoms with Crippen LogP contribution in [0.15, 0.2) is 53.4 Å². The van der Waals surface area contributed by atoms with Gasteiger partial charge in [-0.2, -0.15) is 9.78 Å². The Bertz CT molecular complexity index is 1410. The summed E-state index contributed by atoms with van der Waals surface area (Å²) in [6, 6.07) is 14.5. The summed E-state index contributed by atoms with van der Waals surface area (Å²) in [4.78, 5) is 17.7. The molecular weight excluding hydrogens is 468 g/mol. The van der Waals surface area contributed by atoms with E-state index >= 15 is 0 Å². The maximum absolute atomic E-state index is 12.6. The molecule has 0 bridgehead atoms. The van der Waals surface area contributed by atoms with Gasteiger partial charge in [-0.25, -0.2) is 13.4 Å². The molecular formula is C25H26N4O3S2. The van der Waals surface area contributed by atoms with Crippen LogP contribution in [0.4, 0.5) is 5.82 Å². The Morgan fingerprint density at radius 1 is 1.09 bits per heavy atom. The number of hydrogen-bond donors (Lipinski definition) is 1. The van der Waals surface area contributed by atoms with Crippen molar-refractivity contribution in [2.24, 2.45) is 0 Å². The normalized spacial score (nSPS) is 13.7. The second kappa shape index (κ2) is 9.31. The van der Waals surface area contributed by atoms with Crippen molar-refractivity contribution in [2.45, 2.75) is 50.3 Å². The van der Waals surface area contributed by atoms with Gasteiger partial charge in [-0.1, -0.05) is 29.5 Å². The first-order chi connectivity index (χ1) is 16.4. The molecule has 1 amide bonds. The van der Waals surface area contributed by atoms with Crippen LogP contribution < -0.4 is 5.32 Å². The fourth-order valence-electron chi connectivity index (χ4n) is 4.34. The SMILES string of the molecule is Cc1cc(NC(=O)CCCS(=O)(=O)c2ccccc2)n(-c2nc3cc4c(cc3s2)CCCC4)n1. The molecule has 1 N–H and O–H groups in total. The lowest BCUT2D eigenvalue weighted by Gasteiger charge is -2.14. The van der Waals surface area contributed by atoms with E-state index in [1.54, 1.807) is 52.4 Å². The molecule has 2 aromatic heterocycles. The molecule has 0 aliphatic heterocycles. The maximum atomic E-state index is 12.6. The third-order valence-electron chi connectivity index (χ3n) is 6.04. The summed E-state index contributed by atoms with van der Waals surface area (Å²) < 4.78 is 27.7. The van der Waals surface area contributed by atoms with Crippen LogP contribution in [0.3, 0.4) is 0 Å². The van der Waals surface area contributed by atoms with E-state index < -0.39 is 9.84 Å². The Morgan fingerprint density at radius 2 is 1.82 bits per heavy atom. The number of amides is 1. The van der Waals surface area contributed by atoms with Gasteiger partial charge in [-0.05, 0) is 74.4 Å². The first kappa shape index (κ1) is 22.7. The van der Waals surface area contributed by atoms with E-state index in [-0.39, 0.29) is 29.4 Å². The number of nitrogens with one attached hydrogen (secondary N) is 1. The molecule has 2 heterocycles. The van der Waals surface area contributed by atoms with Crippen LogP contribution >= 0.6 is 11.3 Å². The number of aromatic nitrogens is 3. The van der Waals surface area contributed by atoms with Gasteiger partial charge < -0.3 is 5.32 Å². The van der Waals surface area contributed by atoms with Gasteiger partial charge in [0.05, 0.1) is 26.6 Å². The number of aryl methyl sites for hydroxylation is 3. The van der Waals surface area contributed by atoms with Gasteiger partial charge in [0.2, 0.25) is 11.0 Å². The lowest BCUT2D eigenvalue weighted by Crippen LogP contribution is -2.16. The van der Waals surface area contributed by atoms with Crippen LogP contribution in [0.2, 0.25) is 0 Å². The summed E-state index contributed by atoms with van der Waals surface area (Å²) in [6.45, 7) is 1.87. The average molecular weight is 495 g/mol. The Hall–Kier alpha value is -3.04. The summed E-state index contributed by atoms with van der Waals surface area (Å²) in [5.41, 5.74) is 4.51. The third kappa shape index (κ3) is 4.76. The summed E-state index contributed by atoms with van der Waals surface area (Å²) in [6.07, 6.45) is 4.99. The van der Waals surface area contributed by atoms with E-state index in [0.717, 1.165) is 28.8 Å². The number of rotatable bonds is 7. The van der Waals surface area contributed by atoms with Crippen molar-refractivity contribution in [3.63, 3.8) is 0 Å². The molecule has 0 spiro atoms. The molecule has 0 fully saturated rings. The lowest BCUT2D eigenvalue weighted by atomic mass is 9.92. The minimum Gasteiger partial charge on any atom is -0.311 e. The minimum absolute atomic E-state index is 0.0781. The zero-order chi connectivity index (χ0) is 23.7. The number of benzene rings is 2. The molecule has 34 heavy (non-hydrogen) atoms. The van der Waals surface area contributed by atoms with E-state index in [1.807, 2.05) is 6.92 Å². The van der Waals surface area contributed by atoms with E-state index in [1.165, 1.54) is 24.0 Å². The van der Waals surface area contributed by atoms with E-state index in [0.29, 0.717) is 10.9 Å². The highest BCUT2D eigenvalue weighted by Gasteiger charge is 2.18. The van der Waals surface area contributed by atoms with Crippen molar-refractivity contribution in [1.29, 1.82) is 0 Å². The maximum Gasteiger partial charge on any atom is 0.225 e. The van der Waals surface area contributed by atoms with Crippen molar-refractivity contribution in [1.82, 2.24) is 14.8 Å². The van der Waals surface area contributed by atoms with E-state index in [4.69, 9.17) is 4.98 Å². The Balaban J connectivity index is 1.29. The topological polar surface area (TPSA) is 94.0 Å². The molecule has 176 valence electrons. The number of carbonyl (C=O) groups excluding carboxylic acids is 1. The number of sulfone groups is 1. The molecule has 0 unspecified atom stereocenters. The summed E-state index contributed by atoms with van der Waals surface area (Å²) in [5.74, 6) is 0.212. The van der Waals surface area contributed by atoms with Crippen molar-refractivity contribution < 1.29 is 13.2 Å². The van der Waals surface area contributed by atoms with Gasteiger partial charge in [-0.15, -0.1) is 0 Å². The number of nitrogens with zero attached hydrogens (tertiary/aromatic N) is 3. The lowest BCUT2D eigenvalue weighted by molar-refractivity contribution is -0.116. The van der Waals surface area contributed by atoms with Crippen molar-refractivity contribution in [2.75, 3.05) is 11.1 Å². The summed E-state index contributed by atoms with van der Waals surface area (Å²) >= 11 is 1.56. The zero-order valence-corrected chi connectivity index (χ0v) is 20.6. The molecule has 1 aliphatic carbocycles. The first-order valence-corrected chi connectivity index (χ1v) is 13.9. The van der Waals surface area contributed by atoms with Crippen LogP contribution in [-0.4, -0.2) is 34.8 Å². The van der Waals surface area contributed by atoms with Gasteiger partial charge in [0.1, 0.15) is 5.82 Å². The monoisotopic (exact) mass is 494 g/mol. The molecule has 7 nitrogen and oxygen atoms in total. The molecule has 5 rings (SSSR count). The summed E-state index contributed by atoms with van der Waals surface area (Å²) in [5, 5.41) is 8.13. The largest absolute Gasteiger partial charge is 0.311 e. The minimum atomic E-state index is -3.40. The number of carbonyl (C=O) groups is 1. The summed E-state index contributed by atoms with van der Waals surface area (Å²) in [7, 11) is -3.40. The fraction of sp³-hybridized carbons (Fsp3) is 0.320. The highest BCUT2D eigenvalue weighted by Crippen LogP contribution is 2.32. The molecule has 0 atom stereocenters. The second-order valence-corrected chi connectivity index (χ2v) is 11.8. The van der Waals surface area contributed by atoms with Crippen LogP contribution in [0.1, 0.15) is 42.5 Å². The first-order valence-electron chi connectivity index (χ1n) is 11.5. The average Bonchev–Trinajstić information content (AvgIpc) is 3.40. The molecule has 0 saturated heterocycles. The van der Waals surface area contributed by atoms with Crippen molar-refractivity contribution in [3.05, 3.63) is 65.4 Å². The smallest absolute Gasteiger partial charge is 0.225 e. The molecule has 1 aliphatic rings. The standard InChI is InChI=1S/C25H26N4O3S2/c1-17-14-23(27-24(30)12-7-13-34(31,32)20-10-3-2-4-11-20)29(28-17)25-26-21-15-18-8-5-6-9-19(18)16-22(21)33-25/h2-4,10-11,14-16H,5-9,12-13H2,1H3,(H,27,30). The molecule has 4 aromatic rings. The van der Waals surface area contributed by atoms with Gasteiger partial charge in [-0.3, -0.25) is 4.79 Å². The van der Waals surface area contributed by atoms with Gasteiger partial charge in [0.25, 0.3) is 0 Å². The Labute approximate surface area is 202 Å². The molecule has 9 heteroatoms. The molecule has 0 saturated carbocycles. The van der Waals surface area contributed by atoms with Crippen LogP contribution in [-0.2, 0) is 27.5 Å². The predicted octanol–water partition coefficient (Wildman–Crippen LogP) is 4.86. The van der Waals surface area contributed by atoms with Gasteiger partial charge in [0.15, 0.2) is 9.84 Å². The van der Waals surface area contributed by atoms with Gasteiger partial charge >= 0.3 is 0 Å². The van der Waals surface area contributed by atoms with Crippen molar-refractivity contribution >= 4 is 43.1 Å². The number of hydrogen-bond acceptors (Lipinski definition) is 6. The van der Waals surface area contributed by atoms with E-state index in [9.17, 15) is 13.2 Å². The van der Waals surface area contributed by atoms with Crippen molar-refractivity contribution in [3.8, 4) is 5.13 Å². The van der Waals surface area contributed by atoms with Crippen LogP contribution in [0, 0.1) is 6.92 Å². The highest BCUT2D eigenvalue weighted by atomic mass is 32.2. The Morgan fingerprint density at radius 3 is 2.59 bits per heavy atom. The highest BCUT2D eigenvalue weighted by molar-refractivity contribution is 7.91. The third-order valence-corrected chi connectivity index (χ3v) is 8.85. The van der Waals surface area contributed by atoms with Crippen LogP contribution in [0.25, 0.3) is 15.3 Å².